The van der Waals surface area contributed by atoms with Crippen LogP contribution in [0, 0.1) is 5.92 Å². The Labute approximate surface area is 120 Å². The highest BCUT2D eigenvalue weighted by Gasteiger charge is 2.19. The van der Waals surface area contributed by atoms with Gasteiger partial charge in [-0.2, -0.15) is 0 Å². The summed E-state index contributed by atoms with van der Waals surface area (Å²) in [6.07, 6.45) is 5.21. The molecule has 0 spiro atoms. The molecule has 0 aliphatic carbocycles. The van der Waals surface area contributed by atoms with Crippen molar-refractivity contribution in [3.05, 3.63) is 24.0 Å². The number of nitrogens with two attached hydrogens (primary N) is 1. The van der Waals surface area contributed by atoms with Crippen LogP contribution >= 0.6 is 0 Å². The normalized spacial score (nSPS) is 16.4. The number of nitrogens with one attached hydrogen (secondary N) is 1. The molecule has 0 atom stereocenters. The Morgan fingerprint density at radius 3 is 2.90 bits per heavy atom. The number of hydrogen-bond acceptors (Lipinski definition) is 4. The second-order valence-corrected chi connectivity index (χ2v) is 5.40. The van der Waals surface area contributed by atoms with E-state index in [0.717, 1.165) is 37.8 Å². The monoisotopic (exact) mass is 276 g/mol. The lowest BCUT2D eigenvalue weighted by molar-refractivity contribution is 0.0995. The number of pyridine rings is 1. The SMILES string of the molecule is CCCNCC1CCN(c2ccnc(C(N)=O)c2)CC1. The first kappa shape index (κ1) is 14.8. The van der Waals surface area contributed by atoms with Gasteiger partial charge in [-0.1, -0.05) is 6.92 Å². The van der Waals surface area contributed by atoms with Gasteiger partial charge in [-0.15, -0.1) is 0 Å². The minimum absolute atomic E-state index is 0.342. The van der Waals surface area contributed by atoms with Gasteiger partial charge in [0.2, 0.25) is 0 Å². The smallest absolute Gasteiger partial charge is 0.267 e. The van der Waals surface area contributed by atoms with Crippen molar-refractivity contribution in [2.75, 3.05) is 31.1 Å². The van der Waals surface area contributed by atoms with Crippen molar-refractivity contribution in [2.24, 2.45) is 11.7 Å². The van der Waals surface area contributed by atoms with Gasteiger partial charge in [0, 0.05) is 25.0 Å². The van der Waals surface area contributed by atoms with Crippen LogP contribution in [0.25, 0.3) is 0 Å². The molecule has 1 saturated heterocycles. The van der Waals surface area contributed by atoms with Crippen LogP contribution in [0.4, 0.5) is 5.69 Å². The summed E-state index contributed by atoms with van der Waals surface area (Å²) in [5.74, 6) is 0.292. The lowest BCUT2D eigenvalue weighted by Crippen LogP contribution is -2.37. The molecule has 0 aromatic carbocycles. The van der Waals surface area contributed by atoms with Crippen LogP contribution in [-0.2, 0) is 0 Å². The summed E-state index contributed by atoms with van der Waals surface area (Å²) < 4.78 is 0. The number of amides is 1. The number of piperidine rings is 1. The van der Waals surface area contributed by atoms with Crippen molar-refractivity contribution >= 4 is 11.6 Å². The van der Waals surface area contributed by atoms with Crippen LogP contribution in [0.15, 0.2) is 18.3 Å². The van der Waals surface area contributed by atoms with Gasteiger partial charge in [0.1, 0.15) is 5.69 Å². The summed E-state index contributed by atoms with van der Waals surface area (Å²) in [6.45, 7) is 6.47. The molecule has 3 N–H and O–H groups in total. The fourth-order valence-electron chi connectivity index (χ4n) is 2.63. The Kier molecular flexibility index (Phi) is 5.35. The molecule has 1 aliphatic rings. The zero-order valence-corrected chi connectivity index (χ0v) is 12.1. The van der Waals surface area contributed by atoms with E-state index in [1.54, 1.807) is 12.3 Å². The fourth-order valence-corrected chi connectivity index (χ4v) is 2.63. The molecule has 1 aromatic rings. The van der Waals surface area contributed by atoms with Gasteiger partial charge in [0.15, 0.2) is 0 Å². The van der Waals surface area contributed by atoms with Crippen LogP contribution < -0.4 is 16.0 Å². The predicted molar refractivity (Wildman–Crippen MR) is 80.9 cm³/mol. The van der Waals surface area contributed by atoms with E-state index in [0.29, 0.717) is 5.69 Å². The highest BCUT2D eigenvalue weighted by Crippen LogP contribution is 2.23. The maximum Gasteiger partial charge on any atom is 0.267 e. The topological polar surface area (TPSA) is 71.2 Å². The van der Waals surface area contributed by atoms with Crippen molar-refractivity contribution in [3.63, 3.8) is 0 Å². The highest BCUT2D eigenvalue weighted by molar-refractivity contribution is 5.91. The fraction of sp³-hybridized carbons (Fsp3) is 0.600. The third-order valence-electron chi connectivity index (χ3n) is 3.84. The summed E-state index contributed by atoms with van der Waals surface area (Å²) in [7, 11) is 0. The molecular formula is C15H24N4O. The van der Waals surface area contributed by atoms with Crippen LogP contribution in [0.1, 0.15) is 36.7 Å². The maximum absolute atomic E-state index is 11.2. The van der Waals surface area contributed by atoms with E-state index in [1.165, 1.54) is 19.3 Å². The number of nitrogens with zero attached hydrogens (tertiary/aromatic N) is 2. The molecule has 5 heteroatoms. The molecule has 1 aliphatic heterocycles. The lowest BCUT2D eigenvalue weighted by atomic mass is 9.96. The summed E-state index contributed by atoms with van der Waals surface area (Å²) in [5.41, 5.74) is 6.67. The van der Waals surface area contributed by atoms with Crippen molar-refractivity contribution < 1.29 is 4.79 Å². The Morgan fingerprint density at radius 2 is 2.25 bits per heavy atom. The Hall–Kier alpha value is -1.62. The van der Waals surface area contributed by atoms with E-state index >= 15 is 0 Å². The zero-order chi connectivity index (χ0) is 14.4. The van der Waals surface area contributed by atoms with E-state index in [9.17, 15) is 4.79 Å². The molecular weight excluding hydrogens is 252 g/mol. The first-order chi connectivity index (χ1) is 9.70. The van der Waals surface area contributed by atoms with Crippen molar-refractivity contribution in [2.45, 2.75) is 26.2 Å². The predicted octanol–water partition coefficient (Wildman–Crippen LogP) is 1.40. The number of hydrogen-bond donors (Lipinski definition) is 2. The van der Waals surface area contributed by atoms with Gasteiger partial charge < -0.3 is 16.0 Å². The first-order valence-electron chi connectivity index (χ1n) is 7.42. The van der Waals surface area contributed by atoms with Crippen LogP contribution in [0.2, 0.25) is 0 Å². The number of anilines is 1. The standard InChI is InChI=1S/C15H24N4O/c1-2-6-17-11-12-4-8-19(9-5-12)13-3-7-18-14(10-13)15(16)20/h3,7,10,12,17H,2,4-6,8-9,11H2,1H3,(H2,16,20). The molecule has 0 saturated carbocycles. The Bertz CT molecular complexity index is 441. The van der Waals surface area contributed by atoms with E-state index in [2.05, 4.69) is 22.1 Å². The van der Waals surface area contributed by atoms with E-state index in [-0.39, 0.29) is 0 Å². The minimum Gasteiger partial charge on any atom is -0.371 e. The molecule has 2 heterocycles. The third-order valence-corrected chi connectivity index (χ3v) is 3.84. The third kappa shape index (κ3) is 3.93. The molecule has 0 bridgehead atoms. The molecule has 1 aromatic heterocycles. The van der Waals surface area contributed by atoms with Crippen molar-refractivity contribution in [1.82, 2.24) is 10.3 Å². The molecule has 110 valence electrons. The average Bonchev–Trinajstić information content (AvgIpc) is 2.48. The molecule has 5 nitrogen and oxygen atoms in total. The van der Waals surface area contributed by atoms with Gasteiger partial charge in [0.05, 0.1) is 0 Å². The molecule has 1 fully saturated rings. The van der Waals surface area contributed by atoms with Gasteiger partial charge in [-0.25, -0.2) is 0 Å². The summed E-state index contributed by atoms with van der Waals surface area (Å²) in [4.78, 5) is 17.5. The van der Waals surface area contributed by atoms with Gasteiger partial charge in [0.25, 0.3) is 5.91 Å². The molecule has 0 unspecified atom stereocenters. The van der Waals surface area contributed by atoms with Crippen molar-refractivity contribution in [3.8, 4) is 0 Å². The summed E-state index contributed by atoms with van der Waals surface area (Å²) >= 11 is 0. The maximum atomic E-state index is 11.2. The number of carbonyl (C=O) groups is 1. The number of carbonyl (C=O) groups excluding carboxylic acids is 1. The molecule has 20 heavy (non-hydrogen) atoms. The zero-order valence-electron chi connectivity index (χ0n) is 12.1. The van der Waals surface area contributed by atoms with E-state index in [4.69, 9.17) is 5.73 Å². The van der Waals surface area contributed by atoms with Gasteiger partial charge in [-0.05, 0) is 50.4 Å². The van der Waals surface area contributed by atoms with Crippen molar-refractivity contribution in [1.29, 1.82) is 0 Å². The molecule has 1 amide bonds. The molecule has 2 rings (SSSR count). The largest absolute Gasteiger partial charge is 0.371 e. The van der Waals surface area contributed by atoms with Gasteiger partial charge >= 0.3 is 0 Å². The second-order valence-electron chi connectivity index (χ2n) is 5.40. The number of rotatable bonds is 6. The Balaban J connectivity index is 1.87. The number of aromatic nitrogens is 1. The Morgan fingerprint density at radius 1 is 1.50 bits per heavy atom. The van der Waals surface area contributed by atoms with Crippen LogP contribution in [0.5, 0.6) is 0 Å². The average molecular weight is 276 g/mol. The van der Waals surface area contributed by atoms with E-state index < -0.39 is 5.91 Å². The summed E-state index contributed by atoms with van der Waals surface area (Å²) in [6, 6.07) is 3.74. The van der Waals surface area contributed by atoms with E-state index in [1.807, 2.05) is 6.07 Å². The number of primary amides is 1. The quantitative estimate of drug-likeness (QED) is 0.770. The van der Waals surface area contributed by atoms with Crippen LogP contribution in [0.3, 0.4) is 0 Å². The highest BCUT2D eigenvalue weighted by atomic mass is 16.1. The van der Waals surface area contributed by atoms with Crippen LogP contribution in [-0.4, -0.2) is 37.1 Å². The first-order valence-corrected chi connectivity index (χ1v) is 7.42. The minimum atomic E-state index is -0.467. The second kappa shape index (κ2) is 7.24. The molecule has 0 radical (unpaired) electrons. The lowest BCUT2D eigenvalue weighted by Gasteiger charge is -2.33. The summed E-state index contributed by atoms with van der Waals surface area (Å²) in [5, 5.41) is 3.49. The van der Waals surface area contributed by atoms with Gasteiger partial charge in [-0.3, -0.25) is 9.78 Å².